The molecule has 1 amide bonds. The number of amides is 1. The van der Waals surface area contributed by atoms with E-state index in [0.717, 1.165) is 19.4 Å². The van der Waals surface area contributed by atoms with Gasteiger partial charge in [0.25, 0.3) is 5.91 Å². The predicted molar refractivity (Wildman–Crippen MR) is 69.7 cm³/mol. The summed E-state index contributed by atoms with van der Waals surface area (Å²) in [5.41, 5.74) is 1.03. The molecule has 4 nitrogen and oxygen atoms in total. The molecule has 98 valence electrons. The van der Waals surface area contributed by atoms with Crippen LogP contribution in [0.15, 0.2) is 24.3 Å². The number of hydrogen-bond donors (Lipinski definition) is 0. The van der Waals surface area contributed by atoms with Crippen molar-refractivity contribution >= 4 is 11.9 Å². The lowest BCUT2D eigenvalue weighted by Gasteiger charge is -2.16. The Morgan fingerprint density at radius 1 is 1.17 bits per heavy atom. The SMILES string of the molecule is CCCCN(C)C(=O)c1ccc(C(=O)OC)cc1. The van der Waals surface area contributed by atoms with Crippen molar-refractivity contribution in [1.82, 2.24) is 4.90 Å². The van der Waals surface area contributed by atoms with Gasteiger partial charge in [0, 0.05) is 19.2 Å². The van der Waals surface area contributed by atoms with Gasteiger partial charge in [-0.3, -0.25) is 4.79 Å². The minimum atomic E-state index is -0.395. The van der Waals surface area contributed by atoms with Crippen molar-refractivity contribution in [3.63, 3.8) is 0 Å². The first-order chi connectivity index (χ1) is 8.60. The largest absolute Gasteiger partial charge is 0.465 e. The van der Waals surface area contributed by atoms with Gasteiger partial charge in [-0.1, -0.05) is 13.3 Å². The molecule has 0 bridgehead atoms. The van der Waals surface area contributed by atoms with E-state index < -0.39 is 5.97 Å². The fourth-order valence-electron chi connectivity index (χ4n) is 1.58. The van der Waals surface area contributed by atoms with Gasteiger partial charge < -0.3 is 9.64 Å². The van der Waals surface area contributed by atoms with Gasteiger partial charge in [-0.25, -0.2) is 4.79 Å². The number of esters is 1. The molecule has 1 rings (SSSR count). The number of rotatable bonds is 5. The average molecular weight is 249 g/mol. The maximum atomic E-state index is 12.0. The highest BCUT2D eigenvalue weighted by molar-refractivity contribution is 5.96. The van der Waals surface area contributed by atoms with Gasteiger partial charge in [-0.05, 0) is 30.7 Å². The van der Waals surface area contributed by atoms with E-state index in [-0.39, 0.29) is 5.91 Å². The molecule has 18 heavy (non-hydrogen) atoms. The summed E-state index contributed by atoms with van der Waals surface area (Å²) in [6, 6.07) is 6.51. The second-order valence-corrected chi connectivity index (χ2v) is 4.15. The maximum absolute atomic E-state index is 12.0. The summed E-state index contributed by atoms with van der Waals surface area (Å²) < 4.78 is 4.60. The molecule has 1 aromatic carbocycles. The van der Waals surface area contributed by atoms with Gasteiger partial charge in [0.2, 0.25) is 0 Å². The Bertz CT molecular complexity index is 412. The number of benzene rings is 1. The van der Waals surface area contributed by atoms with Crippen molar-refractivity contribution in [2.24, 2.45) is 0 Å². The second kappa shape index (κ2) is 6.79. The van der Waals surface area contributed by atoms with Gasteiger partial charge in [0.05, 0.1) is 12.7 Å². The first-order valence-corrected chi connectivity index (χ1v) is 6.04. The zero-order valence-electron chi connectivity index (χ0n) is 11.1. The zero-order chi connectivity index (χ0) is 13.5. The Labute approximate surface area is 108 Å². The van der Waals surface area contributed by atoms with Crippen LogP contribution in [0, 0.1) is 0 Å². The van der Waals surface area contributed by atoms with Gasteiger partial charge in [-0.2, -0.15) is 0 Å². The van der Waals surface area contributed by atoms with E-state index in [9.17, 15) is 9.59 Å². The summed E-state index contributed by atoms with van der Waals surface area (Å²) in [6.07, 6.45) is 2.04. The first kappa shape index (κ1) is 14.2. The zero-order valence-corrected chi connectivity index (χ0v) is 11.1. The van der Waals surface area contributed by atoms with Gasteiger partial charge >= 0.3 is 5.97 Å². The molecule has 0 saturated heterocycles. The van der Waals surface area contributed by atoms with Crippen molar-refractivity contribution in [2.45, 2.75) is 19.8 Å². The van der Waals surface area contributed by atoms with Crippen molar-refractivity contribution in [3.05, 3.63) is 35.4 Å². The lowest BCUT2D eigenvalue weighted by atomic mass is 10.1. The molecule has 0 aliphatic carbocycles. The molecule has 0 aliphatic heterocycles. The third-order valence-corrected chi connectivity index (χ3v) is 2.75. The van der Waals surface area contributed by atoms with Crippen LogP contribution in [-0.4, -0.2) is 37.5 Å². The van der Waals surface area contributed by atoms with E-state index in [1.165, 1.54) is 7.11 Å². The standard InChI is InChI=1S/C14H19NO3/c1-4-5-10-15(2)13(16)11-6-8-12(9-7-11)14(17)18-3/h6-9H,4-5,10H2,1-3H3. The molecule has 0 radical (unpaired) electrons. The smallest absolute Gasteiger partial charge is 0.337 e. The van der Waals surface area contributed by atoms with E-state index >= 15 is 0 Å². The summed E-state index contributed by atoms with van der Waals surface area (Å²) in [5, 5.41) is 0. The minimum Gasteiger partial charge on any atom is -0.465 e. The number of hydrogen-bond acceptors (Lipinski definition) is 3. The normalized spacial score (nSPS) is 9.94. The average Bonchev–Trinajstić information content (AvgIpc) is 2.43. The Balaban J connectivity index is 2.72. The molecule has 0 atom stereocenters. The molecular weight excluding hydrogens is 230 g/mol. The topological polar surface area (TPSA) is 46.6 Å². The van der Waals surface area contributed by atoms with Crippen LogP contribution < -0.4 is 0 Å². The van der Waals surface area contributed by atoms with E-state index in [2.05, 4.69) is 11.7 Å². The molecule has 0 heterocycles. The summed E-state index contributed by atoms with van der Waals surface area (Å²) >= 11 is 0. The Morgan fingerprint density at radius 3 is 2.22 bits per heavy atom. The highest BCUT2D eigenvalue weighted by Gasteiger charge is 2.12. The fourth-order valence-corrected chi connectivity index (χ4v) is 1.58. The van der Waals surface area contributed by atoms with Crippen LogP contribution in [0.4, 0.5) is 0 Å². The molecule has 1 aromatic rings. The van der Waals surface area contributed by atoms with Gasteiger partial charge in [0.15, 0.2) is 0 Å². The van der Waals surface area contributed by atoms with E-state index in [4.69, 9.17) is 0 Å². The van der Waals surface area contributed by atoms with Crippen LogP contribution in [0.3, 0.4) is 0 Å². The molecule has 0 aromatic heterocycles. The molecular formula is C14H19NO3. The van der Waals surface area contributed by atoms with Crippen LogP contribution in [0.2, 0.25) is 0 Å². The summed E-state index contributed by atoms with van der Waals surface area (Å²) in [7, 11) is 3.12. The van der Waals surface area contributed by atoms with Crippen molar-refractivity contribution in [3.8, 4) is 0 Å². The molecule has 0 saturated carbocycles. The third-order valence-electron chi connectivity index (χ3n) is 2.75. The number of carbonyl (C=O) groups is 2. The lowest BCUT2D eigenvalue weighted by Crippen LogP contribution is -2.27. The van der Waals surface area contributed by atoms with Crippen LogP contribution in [0.1, 0.15) is 40.5 Å². The number of nitrogens with zero attached hydrogens (tertiary/aromatic N) is 1. The molecule has 0 fully saturated rings. The van der Waals surface area contributed by atoms with Crippen LogP contribution in [0.25, 0.3) is 0 Å². The summed E-state index contributed by atoms with van der Waals surface area (Å²) in [6.45, 7) is 2.83. The predicted octanol–water partition coefficient (Wildman–Crippen LogP) is 2.35. The van der Waals surface area contributed by atoms with Crippen LogP contribution in [-0.2, 0) is 4.74 Å². The minimum absolute atomic E-state index is 0.0279. The van der Waals surface area contributed by atoms with Crippen molar-refractivity contribution in [1.29, 1.82) is 0 Å². The number of methoxy groups -OCH3 is 1. The van der Waals surface area contributed by atoms with Crippen LogP contribution >= 0.6 is 0 Å². The highest BCUT2D eigenvalue weighted by Crippen LogP contribution is 2.08. The second-order valence-electron chi connectivity index (χ2n) is 4.15. The van der Waals surface area contributed by atoms with E-state index in [0.29, 0.717) is 11.1 Å². The number of ether oxygens (including phenoxy) is 1. The number of unbranched alkanes of at least 4 members (excludes halogenated alkanes) is 1. The molecule has 0 N–H and O–H groups in total. The summed E-state index contributed by atoms with van der Waals surface area (Å²) in [5.74, 6) is -0.423. The Kier molecular flexibility index (Phi) is 5.36. The third kappa shape index (κ3) is 3.58. The van der Waals surface area contributed by atoms with Gasteiger partial charge in [-0.15, -0.1) is 0 Å². The monoisotopic (exact) mass is 249 g/mol. The van der Waals surface area contributed by atoms with E-state index in [1.807, 2.05) is 0 Å². The highest BCUT2D eigenvalue weighted by atomic mass is 16.5. The van der Waals surface area contributed by atoms with E-state index in [1.54, 1.807) is 36.2 Å². The van der Waals surface area contributed by atoms with Gasteiger partial charge in [0.1, 0.15) is 0 Å². The molecule has 0 spiro atoms. The van der Waals surface area contributed by atoms with Crippen molar-refractivity contribution in [2.75, 3.05) is 20.7 Å². The Morgan fingerprint density at radius 2 is 1.72 bits per heavy atom. The summed E-state index contributed by atoms with van der Waals surface area (Å²) in [4.78, 5) is 25.0. The lowest BCUT2D eigenvalue weighted by molar-refractivity contribution is 0.0600. The first-order valence-electron chi connectivity index (χ1n) is 6.04. The van der Waals surface area contributed by atoms with Crippen LogP contribution in [0.5, 0.6) is 0 Å². The maximum Gasteiger partial charge on any atom is 0.337 e. The quantitative estimate of drug-likeness (QED) is 0.752. The Hall–Kier alpha value is -1.84. The number of carbonyl (C=O) groups excluding carboxylic acids is 2. The molecule has 0 unspecified atom stereocenters. The fraction of sp³-hybridized carbons (Fsp3) is 0.429. The molecule has 0 aliphatic rings. The molecule has 4 heteroatoms. The van der Waals surface area contributed by atoms with Crippen molar-refractivity contribution < 1.29 is 14.3 Å².